The van der Waals surface area contributed by atoms with Gasteiger partial charge in [-0.3, -0.25) is 4.99 Å². The highest BCUT2D eigenvalue weighted by Gasteiger charge is 2.25. The third-order valence-corrected chi connectivity index (χ3v) is 3.27. The molecule has 2 nitrogen and oxygen atoms in total. The maximum Gasteiger partial charge on any atom is 0.0570 e. The van der Waals surface area contributed by atoms with Crippen molar-refractivity contribution in [1.82, 2.24) is 0 Å². The van der Waals surface area contributed by atoms with Gasteiger partial charge in [-0.1, -0.05) is 38.3 Å². The fourth-order valence-corrected chi connectivity index (χ4v) is 2.43. The van der Waals surface area contributed by atoms with E-state index in [0.717, 1.165) is 18.4 Å². The lowest BCUT2D eigenvalue weighted by molar-refractivity contribution is 0.324. The van der Waals surface area contributed by atoms with Crippen LogP contribution in [0.2, 0.25) is 0 Å². The number of rotatable bonds is 1. The lowest BCUT2D eigenvalue weighted by Gasteiger charge is -2.30. The average Bonchev–Trinajstić information content (AvgIpc) is 2.20. The highest BCUT2D eigenvalue weighted by atomic mass is 16.0. The lowest BCUT2D eigenvalue weighted by Crippen LogP contribution is -2.26. The van der Waals surface area contributed by atoms with E-state index in [4.69, 9.17) is 0 Å². The number of aliphatic imine (C=N–C) groups is 1. The van der Waals surface area contributed by atoms with Crippen LogP contribution in [0.5, 0.6) is 0 Å². The zero-order valence-electron chi connectivity index (χ0n) is 8.87. The Morgan fingerprint density at radius 1 is 1.29 bits per heavy atom. The Hall–Kier alpha value is -0.630. The smallest absolute Gasteiger partial charge is 0.0570 e. The molecule has 2 unspecified atom stereocenters. The highest BCUT2D eigenvalue weighted by Crippen LogP contribution is 2.31. The van der Waals surface area contributed by atoms with Crippen molar-refractivity contribution < 1.29 is 5.48 Å². The largest absolute Gasteiger partial charge is 0.412 e. The minimum atomic E-state index is 0. The number of allylic oxidation sites excluding steroid dienone is 1. The van der Waals surface area contributed by atoms with Gasteiger partial charge in [-0.15, -0.1) is 0 Å². The summed E-state index contributed by atoms with van der Waals surface area (Å²) in [6.45, 7) is 3.27. The molecule has 0 aromatic heterocycles. The Morgan fingerprint density at radius 3 is 2.71 bits per heavy atom. The molecular formula is C12H20NO. The molecule has 1 radical (unpaired) electrons. The van der Waals surface area contributed by atoms with Gasteiger partial charge in [0.15, 0.2) is 0 Å². The van der Waals surface area contributed by atoms with Crippen molar-refractivity contribution in [3.63, 3.8) is 0 Å². The molecule has 2 atom stereocenters. The predicted octanol–water partition coefficient (Wildman–Crippen LogP) is 2.20. The second-order valence-electron chi connectivity index (χ2n) is 4.23. The van der Waals surface area contributed by atoms with Crippen LogP contribution in [-0.2, 0) is 0 Å². The Balaban J connectivity index is 0.000000980. The summed E-state index contributed by atoms with van der Waals surface area (Å²) in [6, 6.07) is 0. The van der Waals surface area contributed by atoms with Gasteiger partial charge < -0.3 is 5.48 Å². The van der Waals surface area contributed by atoms with Crippen LogP contribution in [0.25, 0.3) is 0 Å². The van der Waals surface area contributed by atoms with Crippen LogP contribution in [-0.4, -0.2) is 17.7 Å². The van der Waals surface area contributed by atoms with Crippen LogP contribution in [0.4, 0.5) is 0 Å². The van der Waals surface area contributed by atoms with Gasteiger partial charge in [0.2, 0.25) is 0 Å². The van der Waals surface area contributed by atoms with Gasteiger partial charge in [0.1, 0.15) is 0 Å². The molecule has 1 aliphatic heterocycles. The molecular weight excluding hydrogens is 174 g/mol. The molecule has 1 saturated carbocycles. The summed E-state index contributed by atoms with van der Waals surface area (Å²) in [5.74, 6) is 1.59. The van der Waals surface area contributed by atoms with Gasteiger partial charge in [0, 0.05) is 18.1 Å². The van der Waals surface area contributed by atoms with Crippen molar-refractivity contribution in [2.24, 2.45) is 16.8 Å². The number of dihydropyridines is 1. The van der Waals surface area contributed by atoms with Crippen molar-refractivity contribution in [3.8, 4) is 0 Å². The Kier molecular flexibility index (Phi) is 4.33. The second-order valence-corrected chi connectivity index (χ2v) is 4.23. The summed E-state index contributed by atoms with van der Waals surface area (Å²) in [5.41, 5.74) is 1.36. The van der Waals surface area contributed by atoms with E-state index in [1.54, 1.807) is 0 Å². The summed E-state index contributed by atoms with van der Waals surface area (Å²) < 4.78 is 0. The van der Waals surface area contributed by atoms with E-state index in [-0.39, 0.29) is 5.48 Å². The van der Waals surface area contributed by atoms with Crippen LogP contribution >= 0.6 is 0 Å². The number of nitrogens with zero attached hydrogens (tertiary/aromatic N) is 1. The summed E-state index contributed by atoms with van der Waals surface area (Å²) in [6.07, 6.45) is 12.0. The molecule has 0 spiro atoms. The van der Waals surface area contributed by atoms with Crippen molar-refractivity contribution >= 4 is 5.71 Å². The molecule has 0 saturated heterocycles. The molecule has 0 aromatic carbocycles. The summed E-state index contributed by atoms with van der Waals surface area (Å²) >= 11 is 0. The minimum absolute atomic E-state index is 0. The molecule has 0 aromatic rings. The molecule has 0 amide bonds. The molecule has 2 heteroatoms. The minimum Gasteiger partial charge on any atom is -0.412 e. The fraction of sp³-hybridized carbons (Fsp3) is 0.667. The topological polar surface area (TPSA) is 43.9 Å². The van der Waals surface area contributed by atoms with Gasteiger partial charge in [-0.05, 0) is 12.3 Å². The first-order valence-electron chi connectivity index (χ1n) is 5.42. The first-order valence-corrected chi connectivity index (χ1v) is 5.42. The van der Waals surface area contributed by atoms with Gasteiger partial charge in [0.05, 0.1) is 6.54 Å². The predicted molar refractivity (Wildman–Crippen MR) is 60.5 cm³/mol. The molecule has 1 aliphatic carbocycles. The molecule has 0 bridgehead atoms. The van der Waals surface area contributed by atoms with Crippen molar-refractivity contribution in [1.29, 1.82) is 0 Å². The van der Waals surface area contributed by atoms with E-state index >= 15 is 0 Å². The first-order chi connectivity index (χ1) is 6.38. The summed E-state index contributed by atoms with van der Waals surface area (Å²) in [7, 11) is 0. The van der Waals surface area contributed by atoms with Gasteiger partial charge in [-0.25, -0.2) is 0 Å². The van der Waals surface area contributed by atoms with Gasteiger partial charge in [0.25, 0.3) is 0 Å². The third kappa shape index (κ3) is 2.44. The van der Waals surface area contributed by atoms with Crippen LogP contribution in [0.3, 0.4) is 0 Å². The van der Waals surface area contributed by atoms with E-state index in [1.807, 2.05) is 0 Å². The molecule has 2 rings (SSSR count). The fourth-order valence-electron chi connectivity index (χ4n) is 2.43. The van der Waals surface area contributed by atoms with Crippen LogP contribution in [0.1, 0.15) is 32.6 Å². The molecule has 14 heavy (non-hydrogen) atoms. The molecule has 1 fully saturated rings. The Bertz CT molecular complexity index is 232. The highest BCUT2D eigenvalue weighted by molar-refractivity contribution is 5.97. The zero-order chi connectivity index (χ0) is 9.10. The van der Waals surface area contributed by atoms with E-state index in [0.29, 0.717) is 0 Å². The molecule has 2 N–H and O–H groups in total. The van der Waals surface area contributed by atoms with E-state index in [9.17, 15) is 0 Å². The Labute approximate surface area is 86.4 Å². The van der Waals surface area contributed by atoms with Crippen LogP contribution < -0.4 is 0 Å². The Morgan fingerprint density at radius 2 is 2.07 bits per heavy atom. The van der Waals surface area contributed by atoms with E-state index in [1.165, 1.54) is 31.4 Å². The number of hydrogen-bond donors (Lipinski definition) is 0. The van der Waals surface area contributed by atoms with Crippen LogP contribution in [0.15, 0.2) is 17.1 Å². The number of hydrogen-bond acceptors (Lipinski definition) is 1. The molecule has 1 heterocycles. The lowest BCUT2D eigenvalue weighted by atomic mass is 9.76. The molecule has 79 valence electrons. The van der Waals surface area contributed by atoms with Gasteiger partial charge >= 0.3 is 0 Å². The van der Waals surface area contributed by atoms with Gasteiger partial charge in [-0.2, -0.15) is 0 Å². The average molecular weight is 194 g/mol. The first kappa shape index (κ1) is 11.4. The maximum atomic E-state index is 4.58. The second kappa shape index (κ2) is 5.30. The van der Waals surface area contributed by atoms with Crippen molar-refractivity contribution in [3.05, 3.63) is 18.6 Å². The SMILES string of the molecule is CC1CCCCC1C1=NCC=C[CH]1.O. The van der Waals surface area contributed by atoms with E-state index in [2.05, 4.69) is 30.5 Å². The quantitative estimate of drug-likeness (QED) is 0.614. The molecule has 2 aliphatic rings. The summed E-state index contributed by atoms with van der Waals surface area (Å²) in [4.78, 5) is 4.58. The maximum absolute atomic E-state index is 4.58. The monoisotopic (exact) mass is 194 g/mol. The van der Waals surface area contributed by atoms with Crippen molar-refractivity contribution in [2.75, 3.05) is 6.54 Å². The summed E-state index contributed by atoms with van der Waals surface area (Å²) in [5, 5.41) is 0. The normalized spacial score (nSPS) is 31.9. The zero-order valence-corrected chi connectivity index (χ0v) is 8.87. The third-order valence-electron chi connectivity index (χ3n) is 3.27. The van der Waals surface area contributed by atoms with E-state index < -0.39 is 0 Å². The standard InChI is InChI=1S/C12H18N.H2O/c1-10-6-2-3-7-11(10)12-8-4-5-9-13-12;/h4-5,8,10-11H,2-3,6-7,9H2,1H3;1H2. The van der Waals surface area contributed by atoms with Crippen LogP contribution in [0, 0.1) is 18.3 Å². The van der Waals surface area contributed by atoms with Crippen molar-refractivity contribution in [2.45, 2.75) is 32.6 Å².